The van der Waals surface area contributed by atoms with Crippen LogP contribution in [0.4, 0.5) is 9.59 Å². The number of carbonyl (C=O) groups is 4. The van der Waals surface area contributed by atoms with Crippen LogP contribution in [0.3, 0.4) is 0 Å². The third-order valence-electron chi connectivity index (χ3n) is 13.9. The van der Waals surface area contributed by atoms with Gasteiger partial charge in [0.1, 0.15) is 13.2 Å². The minimum absolute atomic E-state index is 0.0952. The van der Waals surface area contributed by atoms with E-state index < -0.39 is 0 Å². The number of ether oxygens (including phenoxy) is 18. The van der Waals surface area contributed by atoms with Crippen LogP contribution >= 0.6 is 0 Å². The van der Waals surface area contributed by atoms with Crippen molar-refractivity contribution in [3.8, 4) is 0 Å². The van der Waals surface area contributed by atoms with Crippen LogP contribution < -0.4 is 21.3 Å². The van der Waals surface area contributed by atoms with E-state index in [1.807, 2.05) is 0 Å². The zero-order valence-electron chi connectivity index (χ0n) is 55.7. The number of esters is 2. The maximum absolute atomic E-state index is 12.8. The first-order chi connectivity index (χ1) is 44.5. The van der Waals surface area contributed by atoms with Gasteiger partial charge in [-0.2, -0.15) is 0 Å². The van der Waals surface area contributed by atoms with E-state index in [-0.39, 0.29) is 49.3 Å². The Morgan fingerprint density at radius 3 is 0.700 bits per heavy atom. The van der Waals surface area contributed by atoms with Gasteiger partial charge in [0.15, 0.2) is 0 Å². The van der Waals surface area contributed by atoms with E-state index in [4.69, 9.17) is 85.3 Å². The summed E-state index contributed by atoms with van der Waals surface area (Å²) in [6.45, 7) is 16.4. The van der Waals surface area contributed by atoms with E-state index in [1.165, 1.54) is 0 Å². The maximum Gasteiger partial charge on any atom is 0.315 e. The van der Waals surface area contributed by atoms with Gasteiger partial charge in [-0.15, -0.1) is 0 Å². The number of methoxy groups -OCH3 is 2. The van der Waals surface area contributed by atoms with Crippen molar-refractivity contribution in [1.29, 1.82) is 0 Å². The fourth-order valence-electron chi connectivity index (χ4n) is 8.93. The molecule has 1 rings (SSSR count). The average Bonchev–Trinajstić information content (AvgIpc) is 2.19. The summed E-state index contributed by atoms with van der Waals surface area (Å²) in [6.07, 6.45) is 21.0. The summed E-state index contributed by atoms with van der Waals surface area (Å²) in [5.74, 6) is -0.386. The number of carbonyl (C=O) groups excluding carboxylic acids is 4. The molecule has 0 aromatic carbocycles. The van der Waals surface area contributed by atoms with Gasteiger partial charge in [0, 0.05) is 40.2 Å². The van der Waals surface area contributed by atoms with Crippen molar-refractivity contribution < 1.29 is 104 Å². The van der Waals surface area contributed by atoms with Gasteiger partial charge in [-0.1, -0.05) is 89.9 Å². The molecule has 0 bridgehead atoms. The fourth-order valence-corrected chi connectivity index (χ4v) is 8.93. The van der Waals surface area contributed by atoms with Crippen LogP contribution in [0.1, 0.15) is 141 Å². The maximum atomic E-state index is 12.8. The Labute approximate surface area is 540 Å². The molecule has 0 saturated heterocycles. The summed E-state index contributed by atoms with van der Waals surface area (Å²) in [5.41, 5.74) is 0. The lowest BCUT2D eigenvalue weighted by atomic mass is 9.90. The smallest absolute Gasteiger partial charge is 0.315 e. The van der Waals surface area contributed by atoms with E-state index in [1.54, 1.807) is 14.2 Å². The topological polar surface area (TPSA) is 283 Å². The van der Waals surface area contributed by atoms with Crippen LogP contribution in [0.25, 0.3) is 0 Å². The summed E-state index contributed by atoms with van der Waals surface area (Å²) in [6, 6.07) is -0.549. The van der Waals surface area contributed by atoms with E-state index in [2.05, 4.69) is 21.3 Å². The second kappa shape index (κ2) is 71.7. The van der Waals surface area contributed by atoms with Gasteiger partial charge >= 0.3 is 24.0 Å². The van der Waals surface area contributed by atoms with Gasteiger partial charge in [0.2, 0.25) is 0 Å². The largest absolute Gasteiger partial charge is 0.463 e. The van der Waals surface area contributed by atoms with E-state index in [0.717, 1.165) is 128 Å². The van der Waals surface area contributed by atoms with Crippen molar-refractivity contribution >= 4 is 24.0 Å². The zero-order valence-corrected chi connectivity index (χ0v) is 55.7. The highest BCUT2D eigenvalue weighted by atomic mass is 16.6. The number of unbranched alkanes of at least 4 members (excludes halogenated alkanes) is 14. The van der Waals surface area contributed by atoms with Crippen LogP contribution in [0, 0.1) is 0 Å². The Hall–Kier alpha value is -3.16. The minimum Gasteiger partial charge on any atom is -0.463 e. The lowest BCUT2D eigenvalue weighted by molar-refractivity contribution is -0.146. The average molecular weight is 1300 g/mol. The molecule has 90 heavy (non-hydrogen) atoms. The highest BCUT2D eigenvalue weighted by Gasteiger charge is 2.28. The Kier molecular flexibility index (Phi) is 67.6. The molecule has 0 heterocycles. The molecule has 26 nitrogen and oxygen atoms in total. The third kappa shape index (κ3) is 64.9. The van der Waals surface area contributed by atoms with E-state index in [0.29, 0.717) is 224 Å². The molecule has 1 aliphatic rings. The number of hydrogen-bond acceptors (Lipinski definition) is 22. The second-order valence-corrected chi connectivity index (χ2v) is 21.5. The van der Waals surface area contributed by atoms with Gasteiger partial charge in [0.25, 0.3) is 0 Å². The lowest BCUT2D eigenvalue weighted by Crippen LogP contribution is -2.56. The van der Waals surface area contributed by atoms with Gasteiger partial charge in [0.05, 0.1) is 210 Å². The summed E-state index contributed by atoms with van der Waals surface area (Å²) in [5, 5.41) is 12.2. The molecular formula is C64H124N4O22. The first kappa shape index (κ1) is 84.9. The molecule has 0 unspecified atom stereocenters. The first-order valence-corrected chi connectivity index (χ1v) is 33.9. The quantitative estimate of drug-likeness (QED) is 0.0372. The molecule has 26 heteroatoms. The summed E-state index contributed by atoms with van der Waals surface area (Å²) in [4.78, 5) is 49.7. The standard InChI is InChI=1S/C64H124N4O22/c1-73-27-29-75-31-33-77-35-37-79-39-41-81-43-45-83-47-49-85-51-53-87-55-57-89-61(69)23-15-11-7-3-5-9-13-19-25-65-63(71)67-59-21-17-18-22-60(59)68-64(72)66-26-20-14-10-6-4-8-12-16-24-62(70)90-58-56-88-54-52-86-50-48-84-46-44-82-42-40-80-38-36-78-34-32-76-30-28-74-2/h59-60H,3-58H2,1-2H3,(H2,65,67,71)(H2,66,68,72)/t59-,60-/m0/s1. The molecule has 1 aliphatic carbocycles. The molecular weight excluding hydrogens is 1180 g/mol. The van der Waals surface area contributed by atoms with Gasteiger partial charge < -0.3 is 107 Å². The molecule has 0 aromatic heterocycles. The van der Waals surface area contributed by atoms with Crippen molar-refractivity contribution in [3.05, 3.63) is 0 Å². The third-order valence-corrected chi connectivity index (χ3v) is 13.9. The molecule has 4 N–H and O–H groups in total. The van der Waals surface area contributed by atoms with Gasteiger partial charge in [-0.05, 0) is 38.5 Å². The minimum atomic E-state index is -0.193. The number of hydrogen-bond donors (Lipinski definition) is 4. The number of nitrogens with one attached hydrogen (secondary N) is 4. The number of amides is 4. The molecule has 1 fully saturated rings. The normalized spacial score (nSPS) is 14.0. The van der Waals surface area contributed by atoms with Crippen molar-refractivity contribution in [2.75, 3.05) is 239 Å². The molecule has 0 aromatic rings. The molecule has 532 valence electrons. The highest BCUT2D eigenvalue weighted by molar-refractivity contribution is 5.76. The molecule has 4 amide bonds. The second-order valence-electron chi connectivity index (χ2n) is 21.5. The van der Waals surface area contributed by atoms with Crippen LogP contribution in [-0.2, 0) is 94.9 Å². The highest BCUT2D eigenvalue weighted by Crippen LogP contribution is 2.19. The van der Waals surface area contributed by atoms with Crippen LogP contribution in [0.15, 0.2) is 0 Å². The van der Waals surface area contributed by atoms with Crippen molar-refractivity contribution in [2.24, 2.45) is 0 Å². The first-order valence-electron chi connectivity index (χ1n) is 33.9. The monoisotopic (exact) mass is 1300 g/mol. The van der Waals surface area contributed by atoms with Crippen molar-refractivity contribution in [1.82, 2.24) is 21.3 Å². The molecule has 1 saturated carbocycles. The Morgan fingerprint density at radius 2 is 0.467 bits per heavy atom. The Bertz CT molecular complexity index is 1430. The number of rotatable bonds is 72. The van der Waals surface area contributed by atoms with Crippen LogP contribution in [0.5, 0.6) is 0 Å². The zero-order chi connectivity index (χ0) is 64.6. The summed E-state index contributed by atoms with van der Waals surface area (Å²) >= 11 is 0. The predicted molar refractivity (Wildman–Crippen MR) is 339 cm³/mol. The van der Waals surface area contributed by atoms with Gasteiger partial charge in [-0.25, -0.2) is 9.59 Å². The Morgan fingerprint density at radius 1 is 0.267 bits per heavy atom. The molecule has 0 spiro atoms. The van der Waals surface area contributed by atoms with E-state index >= 15 is 0 Å². The SMILES string of the molecule is COCCOCCOCCOCCOCCOCCOCCOCCOC(=O)CCCCCCCCCCNC(=O)N[C@H]1CCCC[C@@H]1NC(=O)NCCCCCCCCCCC(=O)OCCOCCOCCOCCOCCOCCOCCOCCOC. The predicted octanol–water partition coefficient (Wildman–Crippen LogP) is 6.53. The summed E-state index contributed by atoms with van der Waals surface area (Å²) < 4.78 is 96.8. The van der Waals surface area contributed by atoms with Crippen molar-refractivity contribution in [3.63, 3.8) is 0 Å². The van der Waals surface area contributed by atoms with Crippen molar-refractivity contribution in [2.45, 2.75) is 153 Å². The fraction of sp³-hybridized carbons (Fsp3) is 0.938. The van der Waals surface area contributed by atoms with Crippen LogP contribution in [-0.4, -0.2) is 275 Å². The number of urea groups is 2. The molecule has 0 aliphatic heterocycles. The van der Waals surface area contributed by atoms with E-state index in [9.17, 15) is 19.2 Å². The summed E-state index contributed by atoms with van der Waals surface area (Å²) in [7, 11) is 3.28. The molecule has 2 atom stereocenters. The molecule has 0 radical (unpaired) electrons. The Balaban J connectivity index is 1.82. The van der Waals surface area contributed by atoms with Crippen LogP contribution in [0.2, 0.25) is 0 Å². The lowest BCUT2D eigenvalue weighted by Gasteiger charge is -2.32. The van der Waals surface area contributed by atoms with Gasteiger partial charge in [-0.3, -0.25) is 9.59 Å².